The Kier molecular flexibility index (Phi) is 5.02. The largest absolute Gasteiger partial charge is 0.460 e. The molecular weight excluding hydrogens is 296 g/mol. The molecule has 1 atom stereocenters. The lowest BCUT2D eigenvalue weighted by Crippen LogP contribution is -2.30. The second-order valence-corrected chi connectivity index (χ2v) is 6.78. The van der Waals surface area contributed by atoms with Crippen LogP contribution in [0.15, 0.2) is 21.6 Å². The van der Waals surface area contributed by atoms with Crippen LogP contribution in [0.5, 0.6) is 0 Å². The van der Waals surface area contributed by atoms with E-state index in [2.05, 4.69) is 5.32 Å². The fraction of sp³-hybridized carbons (Fsp3) is 0.615. The van der Waals surface area contributed by atoms with Crippen molar-refractivity contribution in [3.63, 3.8) is 0 Å². The molecule has 1 aromatic rings. The van der Waals surface area contributed by atoms with E-state index >= 15 is 0 Å². The number of rotatable bonds is 6. The maximum Gasteiger partial charge on any atom is 0.374 e. The molecular formula is C13H20N2O5S. The van der Waals surface area contributed by atoms with Crippen LogP contribution in [0.25, 0.3) is 0 Å². The van der Waals surface area contributed by atoms with Crippen molar-refractivity contribution in [1.82, 2.24) is 9.62 Å². The van der Waals surface area contributed by atoms with Gasteiger partial charge in [-0.15, -0.1) is 0 Å². The molecule has 21 heavy (non-hydrogen) atoms. The first kappa shape index (κ1) is 16.0. The average molecular weight is 316 g/mol. The van der Waals surface area contributed by atoms with E-state index in [1.54, 1.807) is 6.92 Å². The summed E-state index contributed by atoms with van der Waals surface area (Å²) in [6.07, 6.45) is 0.811. The highest BCUT2D eigenvalue weighted by Gasteiger charge is 2.34. The molecule has 0 saturated carbocycles. The van der Waals surface area contributed by atoms with E-state index in [9.17, 15) is 13.2 Å². The highest BCUT2D eigenvalue weighted by atomic mass is 32.2. The lowest BCUT2D eigenvalue weighted by Gasteiger charge is -2.14. The van der Waals surface area contributed by atoms with Crippen LogP contribution in [-0.2, 0) is 14.8 Å². The number of nitrogens with one attached hydrogen (secondary N) is 1. The van der Waals surface area contributed by atoms with Crippen molar-refractivity contribution in [2.24, 2.45) is 5.92 Å². The Bertz CT molecular complexity index is 595. The molecule has 0 bridgehead atoms. The van der Waals surface area contributed by atoms with Crippen LogP contribution in [0.1, 0.15) is 23.9 Å². The number of esters is 1. The summed E-state index contributed by atoms with van der Waals surface area (Å²) < 4.78 is 36.2. The highest BCUT2D eigenvalue weighted by molar-refractivity contribution is 7.89. The molecule has 2 heterocycles. The van der Waals surface area contributed by atoms with Gasteiger partial charge in [0.1, 0.15) is 0 Å². The minimum Gasteiger partial charge on any atom is -0.460 e. The summed E-state index contributed by atoms with van der Waals surface area (Å²) in [7, 11) is -1.84. The summed E-state index contributed by atoms with van der Waals surface area (Å²) >= 11 is 0. The van der Waals surface area contributed by atoms with Crippen molar-refractivity contribution in [3.05, 3.63) is 17.9 Å². The van der Waals surface area contributed by atoms with Gasteiger partial charge in [0.15, 0.2) is 0 Å². The number of carbonyl (C=O) groups excluding carboxylic acids is 1. The zero-order valence-electron chi connectivity index (χ0n) is 12.2. The SMILES string of the molecule is CCOC(=O)c1ccc(S(=O)(=O)N2CCC(CNC)C2)o1. The van der Waals surface area contributed by atoms with Crippen LogP contribution >= 0.6 is 0 Å². The molecule has 0 spiro atoms. The van der Waals surface area contributed by atoms with Gasteiger partial charge in [-0.2, -0.15) is 4.31 Å². The summed E-state index contributed by atoms with van der Waals surface area (Å²) in [5, 5.41) is 2.84. The molecule has 1 aliphatic heterocycles. The van der Waals surface area contributed by atoms with Gasteiger partial charge in [0.25, 0.3) is 10.0 Å². The topological polar surface area (TPSA) is 88.9 Å². The first-order valence-electron chi connectivity index (χ1n) is 6.90. The third-order valence-corrected chi connectivity index (χ3v) is 5.13. The van der Waals surface area contributed by atoms with Gasteiger partial charge in [-0.3, -0.25) is 0 Å². The van der Waals surface area contributed by atoms with Crippen LogP contribution < -0.4 is 5.32 Å². The molecule has 7 nitrogen and oxygen atoms in total. The van der Waals surface area contributed by atoms with E-state index in [0.29, 0.717) is 19.0 Å². The number of sulfonamides is 1. The lowest BCUT2D eigenvalue weighted by molar-refractivity contribution is 0.0484. The third-order valence-electron chi connectivity index (χ3n) is 3.39. The Morgan fingerprint density at radius 1 is 1.52 bits per heavy atom. The fourth-order valence-corrected chi connectivity index (χ4v) is 3.81. The van der Waals surface area contributed by atoms with Crippen molar-refractivity contribution in [3.8, 4) is 0 Å². The molecule has 1 N–H and O–H groups in total. The Balaban J connectivity index is 2.12. The molecule has 118 valence electrons. The van der Waals surface area contributed by atoms with Crippen LogP contribution in [0.3, 0.4) is 0 Å². The van der Waals surface area contributed by atoms with E-state index in [1.807, 2.05) is 7.05 Å². The van der Waals surface area contributed by atoms with Gasteiger partial charge in [-0.1, -0.05) is 0 Å². The van der Waals surface area contributed by atoms with Gasteiger partial charge in [0.2, 0.25) is 10.9 Å². The Labute approximate surface area is 124 Å². The molecule has 1 aliphatic rings. The monoisotopic (exact) mass is 316 g/mol. The van der Waals surface area contributed by atoms with Gasteiger partial charge in [-0.25, -0.2) is 13.2 Å². The molecule has 1 fully saturated rings. The summed E-state index contributed by atoms with van der Waals surface area (Å²) in [4.78, 5) is 11.5. The number of hydrogen-bond acceptors (Lipinski definition) is 6. The predicted molar refractivity (Wildman–Crippen MR) is 75.5 cm³/mol. The van der Waals surface area contributed by atoms with Gasteiger partial charge in [-0.05, 0) is 45.0 Å². The number of furan rings is 1. The van der Waals surface area contributed by atoms with E-state index in [0.717, 1.165) is 13.0 Å². The first-order valence-corrected chi connectivity index (χ1v) is 8.34. The van der Waals surface area contributed by atoms with Crippen molar-refractivity contribution in [2.45, 2.75) is 18.4 Å². The van der Waals surface area contributed by atoms with Crippen molar-refractivity contribution in [1.29, 1.82) is 0 Å². The number of nitrogens with zero attached hydrogens (tertiary/aromatic N) is 1. The Hall–Kier alpha value is -1.38. The smallest absolute Gasteiger partial charge is 0.374 e. The van der Waals surface area contributed by atoms with Gasteiger partial charge in [0, 0.05) is 13.1 Å². The minimum absolute atomic E-state index is 0.0959. The van der Waals surface area contributed by atoms with E-state index < -0.39 is 16.0 Å². The number of carbonyl (C=O) groups is 1. The van der Waals surface area contributed by atoms with Crippen LogP contribution in [0.4, 0.5) is 0 Å². The number of hydrogen-bond donors (Lipinski definition) is 1. The van der Waals surface area contributed by atoms with Crippen LogP contribution in [0.2, 0.25) is 0 Å². The lowest BCUT2D eigenvalue weighted by atomic mass is 10.1. The van der Waals surface area contributed by atoms with E-state index in [-0.39, 0.29) is 17.5 Å². The van der Waals surface area contributed by atoms with Gasteiger partial charge in [0.05, 0.1) is 6.61 Å². The highest BCUT2D eigenvalue weighted by Crippen LogP contribution is 2.25. The second kappa shape index (κ2) is 6.59. The summed E-state index contributed by atoms with van der Waals surface area (Å²) in [6.45, 7) is 3.57. The molecule has 1 aromatic heterocycles. The van der Waals surface area contributed by atoms with Crippen LogP contribution in [-0.4, -0.2) is 52.0 Å². The zero-order chi connectivity index (χ0) is 15.5. The fourth-order valence-electron chi connectivity index (χ4n) is 2.37. The Morgan fingerprint density at radius 2 is 2.29 bits per heavy atom. The standard InChI is InChI=1S/C13H20N2O5S/c1-3-19-13(16)11-4-5-12(20-11)21(17,18)15-7-6-10(9-15)8-14-2/h4-5,10,14H,3,6-9H2,1-2H3. The van der Waals surface area contributed by atoms with Crippen LogP contribution in [0, 0.1) is 5.92 Å². The summed E-state index contributed by atoms with van der Waals surface area (Å²) in [5.41, 5.74) is 0. The third kappa shape index (κ3) is 3.45. The molecule has 0 aliphatic carbocycles. The molecule has 0 aromatic carbocycles. The minimum atomic E-state index is -3.69. The maximum atomic E-state index is 12.4. The van der Waals surface area contributed by atoms with Gasteiger partial charge < -0.3 is 14.5 Å². The van der Waals surface area contributed by atoms with E-state index in [1.165, 1.54) is 16.4 Å². The molecule has 8 heteroatoms. The summed E-state index contributed by atoms with van der Waals surface area (Å²) in [5.74, 6) is -0.459. The molecule has 1 unspecified atom stereocenters. The molecule has 2 rings (SSSR count). The predicted octanol–water partition coefficient (Wildman–Crippen LogP) is 0.686. The van der Waals surface area contributed by atoms with Gasteiger partial charge >= 0.3 is 5.97 Å². The Morgan fingerprint density at radius 3 is 2.95 bits per heavy atom. The normalized spacial score (nSPS) is 19.8. The zero-order valence-corrected chi connectivity index (χ0v) is 13.0. The molecule has 1 saturated heterocycles. The maximum absolute atomic E-state index is 12.4. The molecule has 0 radical (unpaired) electrons. The van der Waals surface area contributed by atoms with Crippen molar-refractivity contribution >= 4 is 16.0 Å². The summed E-state index contributed by atoms with van der Waals surface area (Å²) in [6, 6.07) is 2.62. The van der Waals surface area contributed by atoms with Crippen molar-refractivity contribution < 1.29 is 22.4 Å². The number of ether oxygens (including phenoxy) is 1. The molecule has 0 amide bonds. The van der Waals surface area contributed by atoms with E-state index in [4.69, 9.17) is 9.15 Å². The average Bonchev–Trinajstić information content (AvgIpc) is 3.08. The van der Waals surface area contributed by atoms with Crippen molar-refractivity contribution in [2.75, 3.05) is 33.3 Å². The second-order valence-electron chi connectivity index (χ2n) is 4.91. The quantitative estimate of drug-likeness (QED) is 0.777. The first-order chi connectivity index (χ1) is 9.98.